The molecule has 2 fully saturated rings. The second-order valence-corrected chi connectivity index (χ2v) is 7.20. The average Bonchev–Trinajstić information content (AvgIpc) is 2.83. The monoisotopic (exact) mass is 253 g/mol. The minimum Gasteiger partial charge on any atom is -0.481 e. The van der Waals surface area contributed by atoms with E-state index in [-0.39, 0.29) is 12.0 Å². The highest BCUT2D eigenvalue weighted by Gasteiger charge is 2.40. The van der Waals surface area contributed by atoms with Gasteiger partial charge in [-0.3, -0.25) is 9.69 Å². The molecule has 0 heterocycles. The van der Waals surface area contributed by atoms with Crippen molar-refractivity contribution in [2.45, 2.75) is 58.4 Å². The molecule has 0 aromatic heterocycles. The Morgan fingerprint density at radius 2 is 2.00 bits per heavy atom. The van der Waals surface area contributed by atoms with Gasteiger partial charge in [0.25, 0.3) is 0 Å². The van der Waals surface area contributed by atoms with E-state index >= 15 is 0 Å². The molecule has 2 saturated carbocycles. The van der Waals surface area contributed by atoms with E-state index in [1.54, 1.807) is 0 Å². The maximum Gasteiger partial charge on any atom is 0.304 e. The van der Waals surface area contributed by atoms with E-state index < -0.39 is 5.97 Å². The molecule has 3 heteroatoms. The highest BCUT2D eigenvalue weighted by molar-refractivity contribution is 5.66. The number of fused-ring (bicyclic) bond motifs is 2. The van der Waals surface area contributed by atoms with Crippen LogP contribution in [0.15, 0.2) is 0 Å². The molecule has 0 saturated heterocycles. The molecule has 2 rings (SSSR count). The van der Waals surface area contributed by atoms with Gasteiger partial charge in [-0.25, -0.2) is 0 Å². The average molecular weight is 253 g/mol. The van der Waals surface area contributed by atoms with Crippen molar-refractivity contribution >= 4 is 5.97 Å². The quantitative estimate of drug-likeness (QED) is 0.819. The Kier molecular flexibility index (Phi) is 4.00. The molecule has 3 atom stereocenters. The maximum absolute atomic E-state index is 10.8. The van der Waals surface area contributed by atoms with Crippen molar-refractivity contribution in [2.24, 2.45) is 17.8 Å². The molecule has 18 heavy (non-hydrogen) atoms. The van der Waals surface area contributed by atoms with Crippen LogP contribution in [0.1, 0.15) is 52.9 Å². The molecule has 0 amide bonds. The molecule has 0 aliphatic heterocycles. The molecule has 3 nitrogen and oxygen atoms in total. The first kappa shape index (κ1) is 13.9. The summed E-state index contributed by atoms with van der Waals surface area (Å²) in [6.07, 6.45) is 5.92. The van der Waals surface area contributed by atoms with Gasteiger partial charge < -0.3 is 5.11 Å². The summed E-state index contributed by atoms with van der Waals surface area (Å²) in [5, 5.41) is 8.87. The van der Waals surface area contributed by atoms with Gasteiger partial charge in [-0.05, 0) is 57.8 Å². The van der Waals surface area contributed by atoms with E-state index in [4.69, 9.17) is 5.11 Å². The Balaban J connectivity index is 1.90. The number of hydrogen-bond acceptors (Lipinski definition) is 2. The van der Waals surface area contributed by atoms with Gasteiger partial charge in [-0.1, -0.05) is 6.42 Å². The number of aliphatic carboxylic acids is 1. The second kappa shape index (κ2) is 5.20. The van der Waals surface area contributed by atoms with Crippen molar-refractivity contribution in [3.63, 3.8) is 0 Å². The summed E-state index contributed by atoms with van der Waals surface area (Å²) >= 11 is 0. The Hall–Kier alpha value is -0.570. The lowest BCUT2D eigenvalue weighted by Gasteiger charge is -2.39. The van der Waals surface area contributed by atoms with Gasteiger partial charge in [0.05, 0.1) is 6.42 Å². The minimum absolute atomic E-state index is 0.0806. The predicted molar refractivity (Wildman–Crippen MR) is 72.5 cm³/mol. The summed E-state index contributed by atoms with van der Waals surface area (Å²) in [6, 6.07) is 0. The van der Waals surface area contributed by atoms with Crippen LogP contribution < -0.4 is 0 Å². The standard InChI is InChI=1S/C15H27NO2/c1-15(2,3)16(7-6-14(17)18)10-13-9-11-4-5-12(13)8-11/h11-13H,4-10H2,1-3H3,(H,17,18). The van der Waals surface area contributed by atoms with Crippen molar-refractivity contribution in [3.8, 4) is 0 Å². The van der Waals surface area contributed by atoms with E-state index in [2.05, 4.69) is 25.7 Å². The van der Waals surface area contributed by atoms with Crippen molar-refractivity contribution in [1.82, 2.24) is 4.90 Å². The van der Waals surface area contributed by atoms with Gasteiger partial charge >= 0.3 is 5.97 Å². The number of carbonyl (C=O) groups is 1. The Morgan fingerprint density at radius 3 is 2.44 bits per heavy atom. The first-order valence-corrected chi connectivity index (χ1v) is 7.33. The third kappa shape index (κ3) is 3.25. The molecule has 1 N–H and O–H groups in total. The third-order valence-corrected chi connectivity index (χ3v) is 4.88. The number of rotatable bonds is 5. The second-order valence-electron chi connectivity index (χ2n) is 7.20. The van der Waals surface area contributed by atoms with E-state index in [1.807, 2.05) is 0 Å². The van der Waals surface area contributed by atoms with Crippen molar-refractivity contribution in [3.05, 3.63) is 0 Å². The predicted octanol–water partition coefficient (Wildman–Crippen LogP) is 3.00. The van der Waals surface area contributed by atoms with Gasteiger partial charge in [0.15, 0.2) is 0 Å². The van der Waals surface area contributed by atoms with Gasteiger partial charge in [0.1, 0.15) is 0 Å². The molecule has 0 spiro atoms. The van der Waals surface area contributed by atoms with Crippen LogP contribution in [0.3, 0.4) is 0 Å². The highest BCUT2D eigenvalue weighted by Crippen LogP contribution is 2.48. The number of hydrogen-bond donors (Lipinski definition) is 1. The molecule has 2 bridgehead atoms. The molecule has 2 aliphatic carbocycles. The Labute approximate surface area is 111 Å². The molecule has 0 radical (unpaired) electrons. The van der Waals surface area contributed by atoms with Crippen LogP contribution in [-0.2, 0) is 4.79 Å². The highest BCUT2D eigenvalue weighted by atomic mass is 16.4. The van der Waals surface area contributed by atoms with Crippen LogP contribution in [-0.4, -0.2) is 34.6 Å². The van der Waals surface area contributed by atoms with Gasteiger partial charge in [-0.2, -0.15) is 0 Å². The molecule has 3 unspecified atom stereocenters. The molecular formula is C15H27NO2. The lowest BCUT2D eigenvalue weighted by atomic mass is 9.87. The summed E-state index contributed by atoms with van der Waals surface area (Å²) in [7, 11) is 0. The van der Waals surface area contributed by atoms with Crippen LogP contribution >= 0.6 is 0 Å². The maximum atomic E-state index is 10.8. The van der Waals surface area contributed by atoms with Crippen molar-refractivity contribution in [1.29, 1.82) is 0 Å². The normalized spacial score (nSPS) is 31.2. The summed E-state index contributed by atoms with van der Waals surface area (Å²) in [5.74, 6) is 2.03. The molecular weight excluding hydrogens is 226 g/mol. The zero-order chi connectivity index (χ0) is 13.3. The molecule has 104 valence electrons. The van der Waals surface area contributed by atoms with Crippen LogP contribution in [0.5, 0.6) is 0 Å². The van der Waals surface area contributed by atoms with E-state index in [1.165, 1.54) is 25.7 Å². The number of nitrogens with zero attached hydrogens (tertiary/aromatic N) is 1. The largest absolute Gasteiger partial charge is 0.481 e. The third-order valence-electron chi connectivity index (χ3n) is 4.88. The first-order valence-electron chi connectivity index (χ1n) is 7.33. The van der Waals surface area contributed by atoms with Crippen LogP contribution in [0, 0.1) is 17.8 Å². The Morgan fingerprint density at radius 1 is 1.28 bits per heavy atom. The molecule has 0 aromatic rings. The summed E-state index contributed by atoms with van der Waals surface area (Å²) in [6.45, 7) is 8.37. The first-order chi connectivity index (χ1) is 8.36. The van der Waals surface area contributed by atoms with Gasteiger partial charge in [-0.15, -0.1) is 0 Å². The van der Waals surface area contributed by atoms with E-state index in [0.29, 0.717) is 6.54 Å². The topological polar surface area (TPSA) is 40.5 Å². The molecule has 2 aliphatic rings. The minimum atomic E-state index is -0.683. The summed E-state index contributed by atoms with van der Waals surface area (Å²) < 4.78 is 0. The Bertz CT molecular complexity index is 308. The fraction of sp³-hybridized carbons (Fsp3) is 0.933. The zero-order valence-electron chi connectivity index (χ0n) is 12.0. The van der Waals surface area contributed by atoms with Crippen LogP contribution in [0.2, 0.25) is 0 Å². The van der Waals surface area contributed by atoms with Crippen LogP contribution in [0.25, 0.3) is 0 Å². The summed E-state index contributed by atoms with van der Waals surface area (Å²) in [4.78, 5) is 13.2. The lowest BCUT2D eigenvalue weighted by Crippen LogP contribution is -2.45. The van der Waals surface area contributed by atoms with Crippen molar-refractivity contribution < 1.29 is 9.90 Å². The van der Waals surface area contributed by atoms with Gasteiger partial charge in [0.2, 0.25) is 0 Å². The summed E-state index contributed by atoms with van der Waals surface area (Å²) in [5.41, 5.74) is 0.0806. The van der Waals surface area contributed by atoms with Crippen molar-refractivity contribution in [2.75, 3.05) is 13.1 Å². The SMILES string of the molecule is CC(C)(C)N(CCC(=O)O)CC1CC2CCC1C2. The lowest BCUT2D eigenvalue weighted by molar-refractivity contribution is -0.137. The fourth-order valence-corrected chi connectivity index (χ4v) is 3.81. The number of carboxylic acid groups (broad SMARTS) is 1. The van der Waals surface area contributed by atoms with Gasteiger partial charge in [0, 0.05) is 18.6 Å². The van der Waals surface area contributed by atoms with Crippen LogP contribution in [0.4, 0.5) is 0 Å². The smallest absolute Gasteiger partial charge is 0.304 e. The zero-order valence-corrected chi connectivity index (χ0v) is 12.0. The number of carboxylic acids is 1. The fourth-order valence-electron chi connectivity index (χ4n) is 3.81. The van der Waals surface area contributed by atoms with E-state index in [9.17, 15) is 4.79 Å². The van der Waals surface area contributed by atoms with E-state index in [0.717, 1.165) is 24.3 Å². The molecule has 0 aromatic carbocycles.